The van der Waals surface area contributed by atoms with Crippen LogP contribution in [0, 0.1) is 5.92 Å². The lowest BCUT2D eigenvalue weighted by Gasteiger charge is -2.44. The molecule has 0 radical (unpaired) electrons. The van der Waals surface area contributed by atoms with Crippen LogP contribution in [0.25, 0.3) is 0 Å². The van der Waals surface area contributed by atoms with Crippen molar-refractivity contribution < 1.29 is 14.6 Å². The molecule has 3 unspecified atom stereocenters. The Bertz CT molecular complexity index is 333. The first kappa shape index (κ1) is 14.8. The molecular formula is C14H26N2O3. The van der Waals surface area contributed by atoms with E-state index in [9.17, 15) is 9.90 Å². The van der Waals surface area contributed by atoms with Crippen molar-refractivity contribution in [1.29, 1.82) is 0 Å². The molecule has 0 aromatic carbocycles. The zero-order valence-corrected chi connectivity index (χ0v) is 12.0. The van der Waals surface area contributed by atoms with Crippen LogP contribution < -0.4 is 5.73 Å². The molecule has 0 aromatic heterocycles. The second kappa shape index (κ2) is 5.77. The SMILES string of the molecule is CC1(C)CN(C(=O)C2CCCCC2N)CC(CO)O1. The van der Waals surface area contributed by atoms with Crippen molar-refractivity contribution in [2.75, 3.05) is 19.7 Å². The molecule has 0 spiro atoms. The molecule has 19 heavy (non-hydrogen) atoms. The van der Waals surface area contributed by atoms with Gasteiger partial charge in [-0.05, 0) is 26.7 Å². The van der Waals surface area contributed by atoms with Gasteiger partial charge in [0.25, 0.3) is 0 Å². The normalized spacial score (nSPS) is 35.2. The summed E-state index contributed by atoms with van der Waals surface area (Å²) in [7, 11) is 0. The standard InChI is InChI=1S/C14H26N2O3/c1-14(2)9-16(7-10(8-17)19-14)13(18)11-5-3-4-6-12(11)15/h10-12,17H,3-9,15H2,1-2H3. The Morgan fingerprint density at radius 3 is 2.74 bits per heavy atom. The van der Waals surface area contributed by atoms with Crippen LogP contribution in [0.3, 0.4) is 0 Å². The van der Waals surface area contributed by atoms with Crippen molar-refractivity contribution in [3.8, 4) is 0 Å². The van der Waals surface area contributed by atoms with E-state index in [-0.39, 0.29) is 30.6 Å². The second-order valence-electron chi connectivity index (χ2n) is 6.46. The molecule has 110 valence electrons. The van der Waals surface area contributed by atoms with Crippen LogP contribution in [0.2, 0.25) is 0 Å². The van der Waals surface area contributed by atoms with Gasteiger partial charge in [-0.25, -0.2) is 0 Å². The summed E-state index contributed by atoms with van der Waals surface area (Å²) < 4.78 is 5.74. The molecule has 1 saturated heterocycles. The number of morpholine rings is 1. The monoisotopic (exact) mass is 270 g/mol. The van der Waals surface area contributed by atoms with Crippen LogP contribution in [-0.4, -0.2) is 53.4 Å². The largest absolute Gasteiger partial charge is 0.394 e. The Morgan fingerprint density at radius 2 is 2.11 bits per heavy atom. The van der Waals surface area contributed by atoms with E-state index in [1.165, 1.54) is 0 Å². The maximum Gasteiger partial charge on any atom is 0.227 e. The predicted molar refractivity (Wildman–Crippen MR) is 72.6 cm³/mol. The van der Waals surface area contributed by atoms with Gasteiger partial charge < -0.3 is 20.5 Å². The lowest BCUT2D eigenvalue weighted by atomic mass is 9.83. The Kier molecular flexibility index (Phi) is 4.48. The number of ether oxygens (including phenoxy) is 1. The predicted octanol–water partition coefficient (Wildman–Crippen LogP) is 0.502. The maximum atomic E-state index is 12.6. The van der Waals surface area contributed by atoms with Gasteiger partial charge in [0.05, 0.1) is 24.2 Å². The van der Waals surface area contributed by atoms with Gasteiger partial charge in [-0.15, -0.1) is 0 Å². The van der Waals surface area contributed by atoms with Crippen molar-refractivity contribution in [2.45, 2.75) is 57.3 Å². The van der Waals surface area contributed by atoms with E-state index < -0.39 is 5.60 Å². The highest BCUT2D eigenvalue weighted by molar-refractivity contribution is 5.80. The van der Waals surface area contributed by atoms with Crippen LogP contribution in [0.4, 0.5) is 0 Å². The number of hydrogen-bond donors (Lipinski definition) is 2. The van der Waals surface area contributed by atoms with Gasteiger partial charge in [0, 0.05) is 19.1 Å². The molecule has 1 aliphatic carbocycles. The van der Waals surface area contributed by atoms with Crippen molar-refractivity contribution in [2.24, 2.45) is 11.7 Å². The van der Waals surface area contributed by atoms with E-state index >= 15 is 0 Å². The summed E-state index contributed by atoms with van der Waals surface area (Å²) in [6, 6.07) is -0.0141. The van der Waals surface area contributed by atoms with Crippen molar-refractivity contribution in [3.05, 3.63) is 0 Å². The van der Waals surface area contributed by atoms with Crippen molar-refractivity contribution in [3.63, 3.8) is 0 Å². The average Bonchev–Trinajstić information content (AvgIpc) is 2.36. The Morgan fingerprint density at radius 1 is 1.42 bits per heavy atom. The highest BCUT2D eigenvalue weighted by Crippen LogP contribution is 2.28. The number of carbonyl (C=O) groups excluding carboxylic acids is 1. The summed E-state index contributed by atoms with van der Waals surface area (Å²) in [4.78, 5) is 14.5. The number of hydrogen-bond acceptors (Lipinski definition) is 4. The van der Waals surface area contributed by atoms with Crippen molar-refractivity contribution in [1.82, 2.24) is 4.90 Å². The van der Waals surface area contributed by atoms with E-state index in [2.05, 4.69) is 0 Å². The molecule has 1 heterocycles. The van der Waals surface area contributed by atoms with Crippen LogP contribution in [-0.2, 0) is 9.53 Å². The fourth-order valence-corrected chi connectivity index (χ4v) is 3.26. The average molecular weight is 270 g/mol. The lowest BCUT2D eigenvalue weighted by Crippen LogP contribution is -2.58. The molecule has 2 fully saturated rings. The van der Waals surface area contributed by atoms with Gasteiger partial charge in [0.2, 0.25) is 5.91 Å². The third-order valence-electron chi connectivity index (χ3n) is 4.13. The minimum absolute atomic E-state index is 0.0141. The highest BCUT2D eigenvalue weighted by Gasteiger charge is 2.39. The van der Waals surface area contributed by atoms with Crippen LogP contribution in [0.5, 0.6) is 0 Å². The molecule has 1 amide bonds. The second-order valence-corrected chi connectivity index (χ2v) is 6.46. The lowest BCUT2D eigenvalue weighted by molar-refractivity contribution is -0.170. The molecule has 3 N–H and O–H groups in total. The molecule has 5 heteroatoms. The van der Waals surface area contributed by atoms with Crippen molar-refractivity contribution >= 4 is 5.91 Å². The van der Waals surface area contributed by atoms with E-state index in [4.69, 9.17) is 10.5 Å². The Labute approximate surface area is 115 Å². The fraction of sp³-hybridized carbons (Fsp3) is 0.929. The molecule has 1 saturated carbocycles. The zero-order chi connectivity index (χ0) is 14.0. The zero-order valence-electron chi connectivity index (χ0n) is 12.0. The minimum Gasteiger partial charge on any atom is -0.394 e. The van der Waals surface area contributed by atoms with Gasteiger partial charge in [0.15, 0.2) is 0 Å². The van der Waals surface area contributed by atoms with Crippen LogP contribution in [0.15, 0.2) is 0 Å². The summed E-state index contributed by atoms with van der Waals surface area (Å²) in [6.45, 7) is 4.91. The number of amides is 1. The van der Waals surface area contributed by atoms with Gasteiger partial charge in [-0.1, -0.05) is 12.8 Å². The quantitative estimate of drug-likeness (QED) is 0.766. The Hall–Kier alpha value is -0.650. The van der Waals surface area contributed by atoms with Gasteiger partial charge in [0.1, 0.15) is 0 Å². The number of nitrogens with two attached hydrogens (primary N) is 1. The molecule has 0 aromatic rings. The molecule has 2 rings (SSSR count). The fourth-order valence-electron chi connectivity index (χ4n) is 3.26. The maximum absolute atomic E-state index is 12.6. The highest BCUT2D eigenvalue weighted by atomic mass is 16.5. The third kappa shape index (κ3) is 3.46. The summed E-state index contributed by atoms with van der Waals surface area (Å²) >= 11 is 0. The third-order valence-corrected chi connectivity index (χ3v) is 4.13. The molecular weight excluding hydrogens is 244 g/mol. The molecule has 5 nitrogen and oxygen atoms in total. The van der Waals surface area contributed by atoms with Gasteiger partial charge >= 0.3 is 0 Å². The number of aliphatic hydroxyl groups excluding tert-OH is 1. The first-order valence-corrected chi connectivity index (χ1v) is 7.26. The summed E-state index contributed by atoms with van der Waals surface area (Å²) in [5.74, 6) is 0.0871. The van der Waals surface area contributed by atoms with Gasteiger partial charge in [-0.2, -0.15) is 0 Å². The number of aliphatic hydroxyl groups is 1. The molecule has 2 aliphatic rings. The first-order valence-electron chi connectivity index (χ1n) is 7.26. The van der Waals surface area contributed by atoms with Gasteiger partial charge in [-0.3, -0.25) is 4.79 Å². The summed E-state index contributed by atoms with van der Waals surface area (Å²) in [5.41, 5.74) is 5.69. The summed E-state index contributed by atoms with van der Waals surface area (Å²) in [5, 5.41) is 9.30. The van der Waals surface area contributed by atoms with E-state index in [1.807, 2.05) is 18.7 Å². The number of carbonyl (C=O) groups is 1. The Balaban J connectivity index is 2.05. The molecule has 0 bridgehead atoms. The molecule has 3 atom stereocenters. The van der Waals surface area contributed by atoms with Crippen LogP contribution in [0.1, 0.15) is 39.5 Å². The van der Waals surface area contributed by atoms with Crippen LogP contribution >= 0.6 is 0 Å². The van der Waals surface area contributed by atoms with E-state index in [1.54, 1.807) is 0 Å². The first-order chi connectivity index (χ1) is 8.93. The van der Waals surface area contributed by atoms with E-state index in [0.717, 1.165) is 25.7 Å². The smallest absolute Gasteiger partial charge is 0.227 e. The molecule has 1 aliphatic heterocycles. The minimum atomic E-state index is -0.403. The number of nitrogens with zero attached hydrogens (tertiary/aromatic N) is 1. The topological polar surface area (TPSA) is 75.8 Å². The number of rotatable bonds is 2. The van der Waals surface area contributed by atoms with E-state index in [0.29, 0.717) is 13.1 Å². The summed E-state index contributed by atoms with van der Waals surface area (Å²) in [6.07, 6.45) is 3.75.